The minimum atomic E-state index is -3.72. The van der Waals surface area contributed by atoms with E-state index in [1.165, 1.54) is 17.7 Å². The van der Waals surface area contributed by atoms with E-state index in [0.717, 1.165) is 43.4 Å². The quantitative estimate of drug-likeness (QED) is 0.208. The summed E-state index contributed by atoms with van der Waals surface area (Å²) in [5.74, 6) is 0.962. The Morgan fingerprint density at radius 3 is 2.25 bits per heavy atom. The molecule has 0 radical (unpaired) electrons. The van der Waals surface area contributed by atoms with Gasteiger partial charge in [0.1, 0.15) is 0 Å². The maximum Gasteiger partial charge on any atom is 0.297 e. The second kappa shape index (κ2) is 12.3. The van der Waals surface area contributed by atoms with E-state index in [1.807, 2.05) is 37.3 Å². The Labute approximate surface area is 175 Å². The topological polar surface area (TPSA) is 43.4 Å². The van der Waals surface area contributed by atoms with E-state index in [9.17, 15) is 8.42 Å². The largest absolute Gasteiger partial charge is 0.297 e. The van der Waals surface area contributed by atoms with E-state index in [0.29, 0.717) is 0 Å². The highest BCUT2D eigenvalue weighted by atomic mass is 32.2. The third kappa shape index (κ3) is 8.38. The lowest BCUT2D eigenvalue weighted by Gasteiger charge is -2.18. The van der Waals surface area contributed by atoms with Crippen molar-refractivity contribution < 1.29 is 12.6 Å². The molecular formula is C23H32O3S2. The van der Waals surface area contributed by atoms with Crippen LogP contribution >= 0.6 is 11.8 Å². The lowest BCUT2D eigenvalue weighted by molar-refractivity contribution is 0.183. The van der Waals surface area contributed by atoms with Crippen LogP contribution in [0.4, 0.5) is 0 Å². The summed E-state index contributed by atoms with van der Waals surface area (Å²) in [5.41, 5.74) is 1.04. The summed E-state index contributed by atoms with van der Waals surface area (Å²) < 4.78 is 31.0. The number of hydrogen-bond donors (Lipinski definition) is 0. The van der Waals surface area contributed by atoms with Crippen LogP contribution in [0.15, 0.2) is 64.4 Å². The first-order valence-electron chi connectivity index (χ1n) is 10.2. The summed E-state index contributed by atoms with van der Waals surface area (Å²) in [4.78, 5) is 1.49. The number of unbranched alkanes of at least 4 members (excludes halogenated alkanes) is 3. The van der Waals surface area contributed by atoms with Gasteiger partial charge in [0, 0.05) is 4.90 Å². The van der Waals surface area contributed by atoms with Crippen molar-refractivity contribution in [3.8, 4) is 0 Å². The first-order chi connectivity index (χ1) is 13.5. The number of hydrogen-bond acceptors (Lipinski definition) is 4. The number of benzene rings is 2. The van der Waals surface area contributed by atoms with E-state index in [4.69, 9.17) is 4.18 Å². The molecule has 0 spiro atoms. The Bertz CT molecular complexity index is 771. The highest BCUT2D eigenvalue weighted by molar-refractivity contribution is 7.99. The number of thioether (sulfide) groups is 1. The molecule has 0 amide bonds. The highest BCUT2D eigenvalue weighted by Gasteiger charge is 2.21. The average molecular weight is 421 g/mol. The molecule has 1 unspecified atom stereocenters. The third-order valence-corrected chi connectivity index (χ3v) is 7.11. The van der Waals surface area contributed by atoms with Crippen LogP contribution in [0.5, 0.6) is 0 Å². The van der Waals surface area contributed by atoms with Crippen molar-refractivity contribution in [2.75, 3.05) is 5.75 Å². The second-order valence-electron chi connectivity index (χ2n) is 7.14. The molecule has 0 aliphatic carbocycles. The van der Waals surface area contributed by atoms with Gasteiger partial charge in [0.2, 0.25) is 0 Å². The van der Waals surface area contributed by atoms with Gasteiger partial charge in [-0.05, 0) is 56.2 Å². The van der Waals surface area contributed by atoms with Crippen LogP contribution in [0, 0.1) is 6.92 Å². The summed E-state index contributed by atoms with van der Waals surface area (Å²) >= 11 is 1.81. The van der Waals surface area contributed by atoms with Gasteiger partial charge in [-0.25, -0.2) is 0 Å². The molecule has 28 heavy (non-hydrogen) atoms. The Morgan fingerprint density at radius 1 is 0.893 bits per heavy atom. The molecular weight excluding hydrogens is 388 g/mol. The van der Waals surface area contributed by atoms with Crippen LogP contribution in [0.25, 0.3) is 0 Å². The predicted molar refractivity (Wildman–Crippen MR) is 118 cm³/mol. The van der Waals surface area contributed by atoms with Crippen LogP contribution < -0.4 is 0 Å². The second-order valence-corrected chi connectivity index (χ2v) is 9.88. The van der Waals surface area contributed by atoms with E-state index in [2.05, 4.69) is 19.1 Å². The first kappa shape index (κ1) is 23.0. The third-order valence-electron chi connectivity index (χ3n) is 4.63. The monoisotopic (exact) mass is 420 g/mol. The molecule has 2 rings (SSSR count). The molecule has 2 aromatic rings. The Morgan fingerprint density at radius 2 is 1.57 bits per heavy atom. The molecule has 5 heteroatoms. The van der Waals surface area contributed by atoms with Gasteiger partial charge < -0.3 is 0 Å². The summed E-state index contributed by atoms with van der Waals surface area (Å²) in [5, 5.41) is 0. The van der Waals surface area contributed by atoms with Gasteiger partial charge >= 0.3 is 0 Å². The summed E-state index contributed by atoms with van der Waals surface area (Å²) in [7, 11) is -3.72. The lowest BCUT2D eigenvalue weighted by atomic mass is 10.1. The van der Waals surface area contributed by atoms with Gasteiger partial charge in [0.15, 0.2) is 0 Å². The van der Waals surface area contributed by atoms with Crippen molar-refractivity contribution in [3.63, 3.8) is 0 Å². The fourth-order valence-electron chi connectivity index (χ4n) is 3.00. The molecule has 0 saturated carbocycles. The van der Waals surface area contributed by atoms with Crippen LogP contribution in [0.3, 0.4) is 0 Å². The minimum Gasteiger partial charge on any atom is -0.263 e. The van der Waals surface area contributed by atoms with Crippen LogP contribution in [-0.2, 0) is 14.3 Å². The van der Waals surface area contributed by atoms with Gasteiger partial charge in [0.05, 0.1) is 11.0 Å². The van der Waals surface area contributed by atoms with Gasteiger partial charge in [-0.15, -0.1) is 11.8 Å². The lowest BCUT2D eigenvalue weighted by Crippen LogP contribution is -2.19. The van der Waals surface area contributed by atoms with Gasteiger partial charge in [-0.1, -0.05) is 68.5 Å². The van der Waals surface area contributed by atoms with Crippen molar-refractivity contribution >= 4 is 21.9 Å². The first-order valence-corrected chi connectivity index (χ1v) is 12.6. The van der Waals surface area contributed by atoms with E-state index >= 15 is 0 Å². The number of rotatable bonds is 13. The highest BCUT2D eigenvalue weighted by Crippen LogP contribution is 2.23. The smallest absolute Gasteiger partial charge is 0.263 e. The summed E-state index contributed by atoms with van der Waals surface area (Å²) in [6.45, 7) is 4.12. The zero-order chi connectivity index (χ0) is 20.2. The normalized spacial score (nSPS) is 12.8. The molecule has 0 N–H and O–H groups in total. The van der Waals surface area contributed by atoms with Crippen LogP contribution in [0.2, 0.25) is 0 Å². The van der Waals surface area contributed by atoms with Crippen molar-refractivity contribution in [3.05, 3.63) is 60.2 Å². The molecule has 2 aromatic carbocycles. The molecule has 0 heterocycles. The Kier molecular flexibility index (Phi) is 10.1. The summed E-state index contributed by atoms with van der Waals surface area (Å²) in [6.07, 6.45) is 6.72. The average Bonchev–Trinajstić information content (AvgIpc) is 2.69. The SMILES string of the molecule is CCCCCCC(CCCSc1ccccc1)OS(=O)(=O)c1ccc(C)cc1. The van der Waals surface area contributed by atoms with E-state index in [1.54, 1.807) is 23.9 Å². The molecule has 1 atom stereocenters. The Hall–Kier alpha value is -1.30. The molecule has 0 aromatic heterocycles. The molecule has 3 nitrogen and oxygen atoms in total. The molecule has 0 aliphatic heterocycles. The van der Waals surface area contributed by atoms with Crippen LogP contribution in [0.1, 0.15) is 57.4 Å². The zero-order valence-corrected chi connectivity index (χ0v) is 18.6. The van der Waals surface area contributed by atoms with Crippen molar-refractivity contribution in [2.24, 2.45) is 0 Å². The van der Waals surface area contributed by atoms with Crippen molar-refractivity contribution in [2.45, 2.75) is 74.7 Å². The molecule has 0 bridgehead atoms. The minimum absolute atomic E-state index is 0.246. The number of aryl methyl sites for hydroxylation is 1. The van der Waals surface area contributed by atoms with Crippen molar-refractivity contribution in [1.82, 2.24) is 0 Å². The summed E-state index contributed by atoms with van der Waals surface area (Å²) in [6, 6.07) is 17.2. The van der Waals surface area contributed by atoms with E-state index in [-0.39, 0.29) is 11.0 Å². The fraction of sp³-hybridized carbons (Fsp3) is 0.478. The van der Waals surface area contributed by atoms with Gasteiger partial charge in [0.25, 0.3) is 10.1 Å². The zero-order valence-electron chi connectivity index (χ0n) is 17.0. The predicted octanol–water partition coefficient (Wildman–Crippen LogP) is 6.61. The Balaban J connectivity index is 1.90. The van der Waals surface area contributed by atoms with Gasteiger partial charge in [-0.2, -0.15) is 8.42 Å². The van der Waals surface area contributed by atoms with E-state index < -0.39 is 10.1 Å². The van der Waals surface area contributed by atoms with Crippen molar-refractivity contribution in [1.29, 1.82) is 0 Å². The maximum atomic E-state index is 12.7. The van der Waals surface area contributed by atoms with Gasteiger partial charge in [-0.3, -0.25) is 4.18 Å². The molecule has 0 saturated heterocycles. The molecule has 154 valence electrons. The maximum absolute atomic E-state index is 12.7. The molecule has 0 fully saturated rings. The van der Waals surface area contributed by atoms with Crippen LogP contribution in [-0.4, -0.2) is 20.3 Å². The fourth-order valence-corrected chi connectivity index (χ4v) is 5.02. The standard InChI is InChI=1S/C23H32O3S2/c1-3-4-5-7-11-21(12-10-19-27-22-13-8-6-9-14-22)26-28(24,25)23-17-15-20(2)16-18-23/h6,8-9,13-18,21H,3-5,7,10-12,19H2,1-2H3. The molecule has 0 aliphatic rings.